The van der Waals surface area contributed by atoms with Crippen molar-refractivity contribution < 1.29 is 4.42 Å². The summed E-state index contributed by atoms with van der Waals surface area (Å²) in [6, 6.07) is 9.30. The first kappa shape index (κ1) is 13.6. The summed E-state index contributed by atoms with van der Waals surface area (Å²) in [5.74, 6) is -0.427. The van der Waals surface area contributed by atoms with Gasteiger partial charge in [0.2, 0.25) is 0 Å². The van der Waals surface area contributed by atoms with Gasteiger partial charge in [0.15, 0.2) is 11.2 Å². The topological polar surface area (TPSA) is 74.0 Å². The molecule has 1 aromatic carbocycles. The Labute approximate surface area is 122 Å². The van der Waals surface area contributed by atoms with Gasteiger partial charge in [-0.15, -0.1) is 0 Å². The Balaban J connectivity index is 1.98. The third kappa shape index (κ3) is 2.48. The summed E-state index contributed by atoms with van der Waals surface area (Å²) in [6.45, 7) is 4.41. The molecule has 1 unspecified atom stereocenters. The highest BCUT2D eigenvalue weighted by Crippen LogP contribution is 2.19. The summed E-state index contributed by atoms with van der Waals surface area (Å²) in [4.78, 5) is 16.1. The van der Waals surface area contributed by atoms with Crippen molar-refractivity contribution in [1.82, 2.24) is 9.55 Å². The van der Waals surface area contributed by atoms with Crippen molar-refractivity contribution in [3.05, 3.63) is 63.8 Å². The van der Waals surface area contributed by atoms with Crippen molar-refractivity contribution >= 4 is 11.2 Å². The molecule has 2 heterocycles. The number of hydrogen-bond acceptors (Lipinski definition) is 4. The maximum absolute atomic E-state index is 11.9. The Morgan fingerprint density at radius 3 is 2.90 bits per heavy atom. The van der Waals surface area contributed by atoms with E-state index in [0.29, 0.717) is 17.8 Å². The monoisotopic (exact) mass is 283 g/mol. The zero-order valence-corrected chi connectivity index (χ0v) is 12.0. The lowest BCUT2D eigenvalue weighted by Gasteiger charge is -2.15. The molecule has 2 aromatic heterocycles. The summed E-state index contributed by atoms with van der Waals surface area (Å²) in [5.41, 5.74) is 10.6. The van der Waals surface area contributed by atoms with Crippen LogP contribution in [0.2, 0.25) is 0 Å². The maximum Gasteiger partial charge on any atom is 0.421 e. The van der Waals surface area contributed by atoms with E-state index < -0.39 is 5.76 Å². The van der Waals surface area contributed by atoms with Crippen LogP contribution in [-0.2, 0) is 6.54 Å². The minimum absolute atomic E-state index is 0.286. The molecule has 0 fully saturated rings. The fraction of sp³-hybridized carbons (Fsp3) is 0.250. The largest absolute Gasteiger partial charge is 0.421 e. The van der Waals surface area contributed by atoms with E-state index in [1.165, 1.54) is 10.1 Å². The van der Waals surface area contributed by atoms with E-state index in [0.717, 1.165) is 11.1 Å². The Bertz CT molecular complexity index is 848. The van der Waals surface area contributed by atoms with Gasteiger partial charge < -0.3 is 10.2 Å². The van der Waals surface area contributed by atoms with Crippen molar-refractivity contribution in [2.45, 2.75) is 26.4 Å². The molecule has 1 atom stereocenters. The Hall–Kier alpha value is -2.40. The number of oxazole rings is 1. The van der Waals surface area contributed by atoms with Crippen LogP contribution in [0.25, 0.3) is 11.2 Å². The van der Waals surface area contributed by atoms with Crippen molar-refractivity contribution in [1.29, 1.82) is 0 Å². The van der Waals surface area contributed by atoms with Crippen LogP contribution < -0.4 is 11.5 Å². The standard InChI is InChI=1S/C16H17N3O2/c1-10-5-6-12(11(2)8-10)13(17)9-19-15-14(21-16(19)20)4-3-7-18-15/h3-8,13H,9,17H2,1-2H3. The second-order valence-electron chi connectivity index (χ2n) is 5.27. The number of fused-ring (bicyclic) bond motifs is 1. The van der Waals surface area contributed by atoms with E-state index in [2.05, 4.69) is 11.1 Å². The zero-order valence-electron chi connectivity index (χ0n) is 12.0. The highest BCUT2D eigenvalue weighted by Gasteiger charge is 2.15. The molecule has 0 aliphatic rings. The molecule has 21 heavy (non-hydrogen) atoms. The zero-order chi connectivity index (χ0) is 15.0. The third-order valence-corrected chi connectivity index (χ3v) is 3.63. The van der Waals surface area contributed by atoms with Gasteiger partial charge in [-0.3, -0.25) is 4.57 Å². The Morgan fingerprint density at radius 1 is 1.33 bits per heavy atom. The smallest absolute Gasteiger partial charge is 0.406 e. The maximum atomic E-state index is 11.9. The average Bonchev–Trinajstić information content (AvgIpc) is 2.75. The van der Waals surface area contributed by atoms with E-state index in [9.17, 15) is 4.79 Å². The molecule has 5 nitrogen and oxygen atoms in total. The van der Waals surface area contributed by atoms with Crippen molar-refractivity contribution in [3.8, 4) is 0 Å². The fourth-order valence-electron chi connectivity index (χ4n) is 2.60. The van der Waals surface area contributed by atoms with Gasteiger partial charge in [0.25, 0.3) is 0 Å². The lowest BCUT2D eigenvalue weighted by atomic mass is 10.00. The average molecular weight is 283 g/mol. The predicted molar refractivity (Wildman–Crippen MR) is 81.1 cm³/mol. The molecule has 108 valence electrons. The van der Waals surface area contributed by atoms with Gasteiger partial charge in [-0.1, -0.05) is 23.8 Å². The number of pyridine rings is 1. The number of hydrogen-bond donors (Lipinski definition) is 1. The number of benzene rings is 1. The van der Waals surface area contributed by atoms with E-state index >= 15 is 0 Å². The summed E-state index contributed by atoms with van der Waals surface area (Å²) in [5, 5.41) is 0. The summed E-state index contributed by atoms with van der Waals surface area (Å²) < 4.78 is 6.66. The molecule has 0 bridgehead atoms. The lowest BCUT2D eigenvalue weighted by molar-refractivity contribution is 0.479. The van der Waals surface area contributed by atoms with Gasteiger partial charge in [-0.25, -0.2) is 9.78 Å². The molecule has 0 radical (unpaired) electrons. The van der Waals surface area contributed by atoms with Gasteiger partial charge in [0.1, 0.15) is 0 Å². The first-order chi connectivity index (χ1) is 10.1. The predicted octanol–water partition coefficient (Wildman–Crippen LogP) is 2.31. The summed E-state index contributed by atoms with van der Waals surface area (Å²) >= 11 is 0. The number of nitrogens with two attached hydrogens (primary N) is 1. The van der Waals surface area contributed by atoms with Crippen LogP contribution in [0.4, 0.5) is 0 Å². The van der Waals surface area contributed by atoms with Crippen LogP contribution in [0.1, 0.15) is 22.7 Å². The van der Waals surface area contributed by atoms with Crippen LogP contribution in [-0.4, -0.2) is 9.55 Å². The van der Waals surface area contributed by atoms with E-state index in [1.807, 2.05) is 26.0 Å². The number of nitrogens with zero attached hydrogens (tertiary/aromatic N) is 2. The molecule has 2 N–H and O–H groups in total. The molecule has 5 heteroatoms. The van der Waals surface area contributed by atoms with Crippen LogP contribution >= 0.6 is 0 Å². The van der Waals surface area contributed by atoms with E-state index in [-0.39, 0.29) is 6.04 Å². The molecule has 0 saturated heterocycles. The Morgan fingerprint density at radius 2 is 2.14 bits per heavy atom. The molecule has 0 aliphatic heterocycles. The van der Waals surface area contributed by atoms with Gasteiger partial charge in [-0.2, -0.15) is 0 Å². The third-order valence-electron chi connectivity index (χ3n) is 3.63. The second-order valence-corrected chi connectivity index (χ2v) is 5.27. The van der Waals surface area contributed by atoms with Gasteiger partial charge in [0.05, 0.1) is 6.54 Å². The quantitative estimate of drug-likeness (QED) is 0.800. The SMILES string of the molecule is Cc1ccc(C(N)Cn2c(=O)oc3cccnc32)c(C)c1. The summed E-state index contributed by atoms with van der Waals surface area (Å²) in [6.07, 6.45) is 1.64. The van der Waals surface area contributed by atoms with Crippen molar-refractivity contribution in [2.24, 2.45) is 5.73 Å². The van der Waals surface area contributed by atoms with Crippen LogP contribution in [0.15, 0.2) is 45.7 Å². The highest BCUT2D eigenvalue weighted by molar-refractivity contribution is 5.67. The molecular weight excluding hydrogens is 266 g/mol. The van der Waals surface area contributed by atoms with Crippen LogP contribution in [0.3, 0.4) is 0 Å². The molecule has 3 rings (SSSR count). The minimum atomic E-state index is -0.427. The van der Waals surface area contributed by atoms with Gasteiger partial charge >= 0.3 is 5.76 Å². The fourth-order valence-corrected chi connectivity index (χ4v) is 2.60. The first-order valence-corrected chi connectivity index (χ1v) is 6.83. The first-order valence-electron chi connectivity index (χ1n) is 6.83. The minimum Gasteiger partial charge on any atom is -0.406 e. The van der Waals surface area contributed by atoms with E-state index in [4.69, 9.17) is 10.2 Å². The van der Waals surface area contributed by atoms with Crippen LogP contribution in [0.5, 0.6) is 0 Å². The molecule has 0 aliphatic carbocycles. The molecule has 0 amide bonds. The number of aromatic nitrogens is 2. The number of rotatable bonds is 3. The van der Waals surface area contributed by atoms with Crippen molar-refractivity contribution in [2.75, 3.05) is 0 Å². The number of aryl methyl sites for hydroxylation is 2. The summed E-state index contributed by atoms with van der Waals surface area (Å²) in [7, 11) is 0. The molecule has 3 aromatic rings. The van der Waals surface area contributed by atoms with E-state index in [1.54, 1.807) is 18.3 Å². The van der Waals surface area contributed by atoms with Gasteiger partial charge in [-0.05, 0) is 37.1 Å². The lowest BCUT2D eigenvalue weighted by Crippen LogP contribution is -2.24. The van der Waals surface area contributed by atoms with Crippen LogP contribution in [0, 0.1) is 13.8 Å². The molecule has 0 spiro atoms. The van der Waals surface area contributed by atoms with Gasteiger partial charge in [0, 0.05) is 12.2 Å². The second kappa shape index (κ2) is 5.18. The Kier molecular flexibility index (Phi) is 3.35. The normalized spacial score (nSPS) is 12.7. The highest BCUT2D eigenvalue weighted by atomic mass is 16.4. The van der Waals surface area contributed by atoms with Crippen molar-refractivity contribution in [3.63, 3.8) is 0 Å². The molecular formula is C16H17N3O2. The molecule has 0 saturated carbocycles.